The SMILES string of the molecule is CC(/C=C\c1ccccc1)=Nc1ccccc1C. The van der Waals surface area contributed by atoms with Gasteiger partial charge in [-0.3, -0.25) is 4.99 Å². The molecule has 0 fully saturated rings. The molecule has 2 aromatic rings. The first-order valence-corrected chi connectivity index (χ1v) is 6.10. The first-order chi connectivity index (χ1) is 8.75. The van der Waals surface area contributed by atoms with Gasteiger partial charge in [-0.15, -0.1) is 0 Å². The second-order valence-corrected chi connectivity index (χ2v) is 4.28. The molecule has 0 radical (unpaired) electrons. The molecule has 90 valence electrons. The Morgan fingerprint density at radius 1 is 0.944 bits per heavy atom. The highest BCUT2D eigenvalue weighted by atomic mass is 14.7. The van der Waals surface area contributed by atoms with Crippen molar-refractivity contribution in [2.24, 2.45) is 4.99 Å². The van der Waals surface area contributed by atoms with E-state index in [2.05, 4.69) is 36.2 Å². The number of hydrogen-bond acceptors (Lipinski definition) is 1. The average molecular weight is 235 g/mol. The lowest BCUT2D eigenvalue weighted by atomic mass is 10.2. The van der Waals surface area contributed by atoms with E-state index in [1.165, 1.54) is 11.1 Å². The lowest BCUT2D eigenvalue weighted by molar-refractivity contribution is 1.39. The number of allylic oxidation sites excluding steroid dienone is 1. The normalized spacial score (nSPS) is 12.0. The van der Waals surface area contributed by atoms with Crippen molar-refractivity contribution in [2.75, 3.05) is 0 Å². The van der Waals surface area contributed by atoms with Crippen LogP contribution in [0.4, 0.5) is 5.69 Å². The molecule has 0 atom stereocenters. The Kier molecular flexibility index (Phi) is 4.08. The van der Waals surface area contributed by atoms with Crippen LogP contribution in [0.2, 0.25) is 0 Å². The molecule has 0 heterocycles. The number of rotatable bonds is 3. The quantitative estimate of drug-likeness (QED) is 0.677. The largest absolute Gasteiger partial charge is 0.253 e. The molecule has 0 saturated carbocycles. The maximum atomic E-state index is 4.60. The second kappa shape index (κ2) is 5.97. The Labute approximate surface area is 109 Å². The van der Waals surface area contributed by atoms with E-state index in [4.69, 9.17) is 0 Å². The van der Waals surface area contributed by atoms with E-state index >= 15 is 0 Å². The molecule has 2 rings (SSSR count). The maximum absolute atomic E-state index is 4.60. The van der Waals surface area contributed by atoms with Crippen LogP contribution in [-0.2, 0) is 0 Å². The average Bonchev–Trinajstić information content (AvgIpc) is 2.40. The number of aryl methyl sites for hydroxylation is 1. The van der Waals surface area contributed by atoms with Gasteiger partial charge in [-0.2, -0.15) is 0 Å². The summed E-state index contributed by atoms with van der Waals surface area (Å²) in [5, 5.41) is 0. The van der Waals surface area contributed by atoms with Gasteiger partial charge in [-0.1, -0.05) is 54.6 Å². The number of para-hydroxylation sites is 1. The van der Waals surface area contributed by atoms with Crippen molar-refractivity contribution in [1.29, 1.82) is 0 Å². The zero-order valence-corrected chi connectivity index (χ0v) is 10.8. The zero-order valence-electron chi connectivity index (χ0n) is 10.8. The number of nitrogens with zero attached hydrogens (tertiary/aromatic N) is 1. The van der Waals surface area contributed by atoms with Gasteiger partial charge in [0.05, 0.1) is 5.69 Å². The molecule has 0 unspecified atom stereocenters. The summed E-state index contributed by atoms with van der Waals surface area (Å²) < 4.78 is 0. The van der Waals surface area contributed by atoms with Crippen LogP contribution in [0.15, 0.2) is 65.7 Å². The summed E-state index contributed by atoms with van der Waals surface area (Å²) in [6, 6.07) is 18.4. The smallest absolute Gasteiger partial charge is 0.0661 e. The van der Waals surface area contributed by atoms with Crippen molar-refractivity contribution in [3.63, 3.8) is 0 Å². The summed E-state index contributed by atoms with van der Waals surface area (Å²) in [5.41, 5.74) is 4.43. The van der Waals surface area contributed by atoms with Gasteiger partial charge in [0.1, 0.15) is 0 Å². The molecule has 0 amide bonds. The van der Waals surface area contributed by atoms with Crippen LogP contribution >= 0.6 is 0 Å². The van der Waals surface area contributed by atoms with E-state index in [0.29, 0.717) is 0 Å². The first-order valence-electron chi connectivity index (χ1n) is 6.10. The molecule has 0 aliphatic carbocycles. The Bertz CT molecular complexity index is 565. The van der Waals surface area contributed by atoms with Crippen molar-refractivity contribution < 1.29 is 0 Å². The molecule has 0 N–H and O–H groups in total. The summed E-state index contributed by atoms with van der Waals surface area (Å²) in [7, 11) is 0. The van der Waals surface area contributed by atoms with Gasteiger partial charge in [0.15, 0.2) is 0 Å². The third-order valence-corrected chi connectivity index (χ3v) is 2.73. The summed E-state index contributed by atoms with van der Waals surface area (Å²) in [6.07, 6.45) is 4.12. The molecule has 1 nitrogen and oxygen atoms in total. The maximum Gasteiger partial charge on any atom is 0.0661 e. The lowest BCUT2D eigenvalue weighted by Gasteiger charge is -1.99. The molecule has 18 heavy (non-hydrogen) atoms. The third kappa shape index (κ3) is 3.42. The van der Waals surface area contributed by atoms with E-state index in [9.17, 15) is 0 Å². The molecule has 0 spiro atoms. The van der Waals surface area contributed by atoms with Crippen LogP contribution in [0.5, 0.6) is 0 Å². The number of benzene rings is 2. The van der Waals surface area contributed by atoms with Crippen molar-refractivity contribution >= 4 is 17.5 Å². The zero-order chi connectivity index (χ0) is 12.8. The molecule has 0 saturated heterocycles. The monoisotopic (exact) mass is 235 g/mol. The summed E-state index contributed by atoms with van der Waals surface area (Å²) >= 11 is 0. The van der Waals surface area contributed by atoms with Gasteiger partial charge in [-0.25, -0.2) is 0 Å². The van der Waals surface area contributed by atoms with E-state index in [-0.39, 0.29) is 0 Å². The minimum atomic E-state index is 1.01. The first kappa shape index (κ1) is 12.3. The van der Waals surface area contributed by atoms with Crippen LogP contribution in [-0.4, -0.2) is 5.71 Å². The van der Waals surface area contributed by atoms with E-state index in [1.807, 2.05) is 49.4 Å². The summed E-state index contributed by atoms with van der Waals surface area (Å²) in [6.45, 7) is 4.10. The molecule has 2 aromatic carbocycles. The fourth-order valence-corrected chi connectivity index (χ4v) is 1.70. The summed E-state index contributed by atoms with van der Waals surface area (Å²) in [4.78, 5) is 4.60. The predicted molar refractivity (Wildman–Crippen MR) is 79.4 cm³/mol. The predicted octanol–water partition coefficient (Wildman–Crippen LogP) is 4.80. The molecule has 0 aliphatic rings. The van der Waals surface area contributed by atoms with Gasteiger partial charge in [-0.05, 0) is 37.1 Å². The summed E-state index contributed by atoms with van der Waals surface area (Å²) in [5.74, 6) is 0. The second-order valence-electron chi connectivity index (χ2n) is 4.28. The van der Waals surface area contributed by atoms with Gasteiger partial charge in [0.25, 0.3) is 0 Å². The van der Waals surface area contributed by atoms with Gasteiger partial charge < -0.3 is 0 Å². The van der Waals surface area contributed by atoms with Crippen molar-refractivity contribution in [1.82, 2.24) is 0 Å². The van der Waals surface area contributed by atoms with Crippen LogP contribution < -0.4 is 0 Å². The Hall–Kier alpha value is -2.15. The molecule has 1 heteroatoms. The van der Waals surface area contributed by atoms with Crippen LogP contribution in [0.3, 0.4) is 0 Å². The van der Waals surface area contributed by atoms with Gasteiger partial charge >= 0.3 is 0 Å². The minimum absolute atomic E-state index is 1.01. The number of aliphatic imine (C=N–C) groups is 1. The highest BCUT2D eigenvalue weighted by Crippen LogP contribution is 2.17. The molecular weight excluding hydrogens is 218 g/mol. The van der Waals surface area contributed by atoms with Gasteiger partial charge in [0, 0.05) is 5.71 Å². The Morgan fingerprint density at radius 3 is 2.33 bits per heavy atom. The third-order valence-electron chi connectivity index (χ3n) is 2.73. The van der Waals surface area contributed by atoms with Crippen LogP contribution in [0, 0.1) is 6.92 Å². The molecular formula is C17H17N. The standard InChI is InChI=1S/C17H17N/c1-14-8-6-7-11-17(14)18-15(2)12-13-16-9-4-3-5-10-16/h3-13H,1-2H3/b13-12-,18-15?. The Morgan fingerprint density at radius 2 is 1.61 bits per heavy atom. The van der Waals surface area contributed by atoms with E-state index in [1.54, 1.807) is 0 Å². The highest BCUT2D eigenvalue weighted by molar-refractivity contribution is 5.98. The van der Waals surface area contributed by atoms with Gasteiger partial charge in [0.2, 0.25) is 0 Å². The topological polar surface area (TPSA) is 12.4 Å². The highest BCUT2D eigenvalue weighted by Gasteiger charge is 1.93. The van der Waals surface area contributed by atoms with Crippen molar-refractivity contribution in [2.45, 2.75) is 13.8 Å². The van der Waals surface area contributed by atoms with Crippen LogP contribution in [0.25, 0.3) is 6.08 Å². The fraction of sp³-hybridized carbons (Fsp3) is 0.118. The van der Waals surface area contributed by atoms with Crippen molar-refractivity contribution in [3.05, 3.63) is 71.8 Å². The van der Waals surface area contributed by atoms with Crippen molar-refractivity contribution in [3.8, 4) is 0 Å². The number of hydrogen-bond donors (Lipinski definition) is 0. The fourth-order valence-electron chi connectivity index (χ4n) is 1.70. The van der Waals surface area contributed by atoms with Crippen LogP contribution in [0.1, 0.15) is 18.1 Å². The molecule has 0 aromatic heterocycles. The van der Waals surface area contributed by atoms with E-state index in [0.717, 1.165) is 11.4 Å². The minimum Gasteiger partial charge on any atom is -0.253 e. The van der Waals surface area contributed by atoms with E-state index < -0.39 is 0 Å². The Balaban J connectivity index is 2.15. The lowest BCUT2D eigenvalue weighted by Crippen LogP contribution is -1.84. The molecule has 0 bridgehead atoms. The molecule has 0 aliphatic heterocycles.